The largest absolute Gasteiger partial charge is 0.411 e. The van der Waals surface area contributed by atoms with Crippen LogP contribution in [0.25, 0.3) is 0 Å². The van der Waals surface area contributed by atoms with Gasteiger partial charge in [-0.15, -0.1) is 5.16 Å². The van der Waals surface area contributed by atoms with E-state index in [2.05, 4.69) is 21.3 Å². The first kappa shape index (κ1) is 13.0. The Balaban J connectivity index is 2.41. The summed E-state index contributed by atoms with van der Waals surface area (Å²) >= 11 is 0. The highest BCUT2D eigenvalue weighted by atomic mass is 16.4. The second kappa shape index (κ2) is 5.86. The highest BCUT2D eigenvalue weighted by molar-refractivity contribution is 5.89. The van der Waals surface area contributed by atoms with Crippen molar-refractivity contribution in [1.29, 1.82) is 0 Å². The molecule has 4 N–H and O–H groups in total. The summed E-state index contributed by atoms with van der Waals surface area (Å²) in [6.07, 6.45) is 1.27. The molecule has 0 saturated carbocycles. The van der Waals surface area contributed by atoms with Crippen LogP contribution in [0.15, 0.2) is 35.5 Å². The molecule has 0 radical (unpaired) electrons. The minimum absolute atomic E-state index is 0.393. The number of rotatable bonds is 4. The van der Waals surface area contributed by atoms with E-state index < -0.39 is 11.6 Å². The lowest BCUT2D eigenvalue weighted by molar-refractivity contribution is 0.244. The number of benzene rings is 1. The summed E-state index contributed by atoms with van der Waals surface area (Å²) in [5.74, 6) is 0. The number of urea groups is 1. The average Bonchev–Trinajstić information content (AvgIpc) is 2.28. The second-order valence-electron chi connectivity index (χ2n) is 4.04. The molecule has 0 aliphatic heterocycles. The quantitative estimate of drug-likeness (QED) is 0.363. The molecule has 2 amide bonds. The molecule has 6 heteroatoms. The number of hydrogen-bond donors (Lipinski definition) is 4. The first-order valence-corrected chi connectivity index (χ1v) is 5.11. The van der Waals surface area contributed by atoms with Gasteiger partial charge in [0.05, 0.1) is 11.8 Å². The first-order valence-electron chi connectivity index (χ1n) is 5.11. The maximum absolute atomic E-state index is 11.5. The lowest BCUT2D eigenvalue weighted by Crippen LogP contribution is -2.52. The summed E-state index contributed by atoms with van der Waals surface area (Å²) in [5, 5.41) is 14.0. The number of nitrogens with zero attached hydrogens (tertiary/aromatic N) is 1. The minimum atomic E-state index is -0.636. The number of oxime groups is 1. The monoisotopic (exact) mass is 236 g/mol. The number of carbonyl (C=O) groups excluding carboxylic acids is 1. The Morgan fingerprint density at radius 3 is 2.59 bits per heavy atom. The van der Waals surface area contributed by atoms with Gasteiger partial charge in [0.2, 0.25) is 0 Å². The molecule has 0 saturated heterocycles. The molecule has 1 aromatic carbocycles. The van der Waals surface area contributed by atoms with Crippen LogP contribution in [0.2, 0.25) is 0 Å². The third-order valence-electron chi connectivity index (χ3n) is 1.91. The number of carbonyl (C=O) groups is 1. The van der Waals surface area contributed by atoms with Crippen molar-refractivity contribution < 1.29 is 10.0 Å². The number of para-hydroxylation sites is 1. The Morgan fingerprint density at radius 2 is 2.00 bits per heavy atom. The van der Waals surface area contributed by atoms with Crippen LogP contribution in [-0.4, -0.2) is 23.0 Å². The Hall–Kier alpha value is -2.08. The molecule has 0 aliphatic rings. The Labute approximate surface area is 99.7 Å². The van der Waals surface area contributed by atoms with Gasteiger partial charge in [0.25, 0.3) is 0 Å². The fourth-order valence-corrected chi connectivity index (χ4v) is 1.08. The summed E-state index contributed by atoms with van der Waals surface area (Å²) in [5.41, 5.74) is 5.22. The van der Waals surface area contributed by atoms with E-state index in [1.54, 1.807) is 26.0 Å². The molecule has 92 valence electrons. The van der Waals surface area contributed by atoms with Gasteiger partial charge in [-0.2, -0.15) is 0 Å². The van der Waals surface area contributed by atoms with E-state index in [9.17, 15) is 4.79 Å². The van der Waals surface area contributed by atoms with Crippen molar-refractivity contribution in [2.75, 3.05) is 5.32 Å². The van der Waals surface area contributed by atoms with E-state index in [1.807, 2.05) is 18.2 Å². The van der Waals surface area contributed by atoms with E-state index in [0.29, 0.717) is 5.69 Å². The number of amides is 2. The highest BCUT2D eigenvalue weighted by Gasteiger charge is 2.15. The third-order valence-corrected chi connectivity index (χ3v) is 1.91. The standard InChI is InChI=1S/C11H16N4O2/c1-11(2,8-12-17)15-14-10(16)13-9-6-4-3-5-7-9/h3-8,15,17H,1-2H3,(H2,13,14,16). The van der Waals surface area contributed by atoms with Gasteiger partial charge in [-0.3, -0.25) is 5.43 Å². The molecule has 0 fully saturated rings. The van der Waals surface area contributed by atoms with Crippen molar-refractivity contribution in [2.45, 2.75) is 19.4 Å². The maximum Gasteiger partial charge on any atom is 0.333 e. The zero-order valence-corrected chi connectivity index (χ0v) is 9.77. The van der Waals surface area contributed by atoms with Crippen LogP contribution in [-0.2, 0) is 0 Å². The van der Waals surface area contributed by atoms with Crippen LogP contribution >= 0.6 is 0 Å². The molecule has 0 heterocycles. The van der Waals surface area contributed by atoms with E-state index in [0.717, 1.165) is 0 Å². The van der Waals surface area contributed by atoms with E-state index in [4.69, 9.17) is 5.21 Å². The minimum Gasteiger partial charge on any atom is -0.411 e. The fourth-order valence-electron chi connectivity index (χ4n) is 1.08. The number of hydrogen-bond acceptors (Lipinski definition) is 4. The SMILES string of the molecule is CC(C)(C=NO)NNC(=O)Nc1ccccc1. The third kappa shape index (κ3) is 4.98. The lowest BCUT2D eigenvalue weighted by Gasteiger charge is -2.21. The van der Waals surface area contributed by atoms with Crippen LogP contribution in [0.4, 0.5) is 10.5 Å². The van der Waals surface area contributed by atoms with Gasteiger partial charge in [0.15, 0.2) is 0 Å². The molecule has 0 bridgehead atoms. The zero-order valence-electron chi connectivity index (χ0n) is 9.77. The summed E-state index contributed by atoms with van der Waals surface area (Å²) < 4.78 is 0. The molecule has 0 atom stereocenters. The van der Waals surface area contributed by atoms with Crippen LogP contribution in [0.1, 0.15) is 13.8 Å². The normalized spacial score (nSPS) is 11.4. The Bertz CT molecular complexity index is 390. The number of nitrogens with one attached hydrogen (secondary N) is 3. The molecule has 1 rings (SSSR count). The van der Waals surface area contributed by atoms with Gasteiger partial charge >= 0.3 is 6.03 Å². The summed E-state index contributed by atoms with van der Waals surface area (Å²) in [6.45, 7) is 3.49. The van der Waals surface area contributed by atoms with Gasteiger partial charge in [-0.25, -0.2) is 10.2 Å². The second-order valence-corrected chi connectivity index (χ2v) is 4.04. The first-order chi connectivity index (χ1) is 8.03. The van der Waals surface area contributed by atoms with Gasteiger partial charge in [-0.1, -0.05) is 18.2 Å². The Kier molecular flexibility index (Phi) is 4.47. The molecule has 6 nitrogen and oxygen atoms in total. The van der Waals surface area contributed by atoms with Gasteiger partial charge in [-0.05, 0) is 26.0 Å². The molecular weight excluding hydrogens is 220 g/mol. The maximum atomic E-state index is 11.5. The highest BCUT2D eigenvalue weighted by Crippen LogP contribution is 2.04. The van der Waals surface area contributed by atoms with E-state index in [1.165, 1.54) is 6.21 Å². The summed E-state index contributed by atoms with van der Waals surface area (Å²) in [4.78, 5) is 11.5. The van der Waals surface area contributed by atoms with Crippen molar-refractivity contribution in [3.8, 4) is 0 Å². The average molecular weight is 236 g/mol. The van der Waals surface area contributed by atoms with Crippen molar-refractivity contribution >= 4 is 17.9 Å². The molecular formula is C11H16N4O2. The van der Waals surface area contributed by atoms with Crippen molar-refractivity contribution in [3.05, 3.63) is 30.3 Å². The smallest absolute Gasteiger partial charge is 0.333 e. The zero-order chi connectivity index (χ0) is 12.7. The number of hydrazine groups is 1. The molecule has 17 heavy (non-hydrogen) atoms. The molecule has 0 spiro atoms. The van der Waals surface area contributed by atoms with Gasteiger partial charge in [0.1, 0.15) is 0 Å². The molecule has 1 aromatic rings. The predicted octanol–water partition coefficient (Wildman–Crippen LogP) is 1.55. The lowest BCUT2D eigenvalue weighted by atomic mass is 10.1. The van der Waals surface area contributed by atoms with Crippen LogP contribution in [0.3, 0.4) is 0 Å². The van der Waals surface area contributed by atoms with Gasteiger partial charge in [0, 0.05) is 5.69 Å². The van der Waals surface area contributed by atoms with Crippen LogP contribution < -0.4 is 16.2 Å². The topological polar surface area (TPSA) is 85.8 Å². The van der Waals surface area contributed by atoms with Crippen molar-refractivity contribution in [3.63, 3.8) is 0 Å². The fraction of sp³-hybridized carbons (Fsp3) is 0.273. The molecule has 0 unspecified atom stereocenters. The molecule has 0 aromatic heterocycles. The van der Waals surface area contributed by atoms with E-state index >= 15 is 0 Å². The van der Waals surface area contributed by atoms with Crippen molar-refractivity contribution in [1.82, 2.24) is 10.9 Å². The Morgan fingerprint density at radius 1 is 1.35 bits per heavy atom. The van der Waals surface area contributed by atoms with Crippen LogP contribution in [0, 0.1) is 0 Å². The summed E-state index contributed by atoms with van der Waals surface area (Å²) in [6, 6.07) is 8.68. The molecule has 0 aliphatic carbocycles. The van der Waals surface area contributed by atoms with E-state index in [-0.39, 0.29) is 0 Å². The van der Waals surface area contributed by atoms with Gasteiger partial charge < -0.3 is 10.5 Å². The predicted molar refractivity (Wildman–Crippen MR) is 66.1 cm³/mol. The van der Waals surface area contributed by atoms with Crippen molar-refractivity contribution in [2.24, 2.45) is 5.16 Å². The van der Waals surface area contributed by atoms with Crippen LogP contribution in [0.5, 0.6) is 0 Å². The number of anilines is 1. The summed E-state index contributed by atoms with van der Waals surface area (Å²) in [7, 11) is 0.